The molecule has 4 N–H and O–H groups in total. The fourth-order valence-corrected chi connectivity index (χ4v) is 2.57. The number of nitrogens with one attached hydrogen (secondary N) is 2. The SMILES string of the molecule is COC1(CNc2cc3nc[nH]c(=O)c3cc2N)CCC1. The second-order valence-electron chi connectivity index (χ2n) is 5.28. The van der Waals surface area contributed by atoms with E-state index in [0.717, 1.165) is 18.5 Å². The van der Waals surface area contributed by atoms with Crippen molar-refractivity contribution in [3.8, 4) is 0 Å². The van der Waals surface area contributed by atoms with Gasteiger partial charge in [0.25, 0.3) is 5.56 Å². The van der Waals surface area contributed by atoms with Gasteiger partial charge in [-0.3, -0.25) is 4.79 Å². The Labute approximate surface area is 116 Å². The number of aromatic nitrogens is 2. The van der Waals surface area contributed by atoms with Gasteiger partial charge < -0.3 is 20.8 Å². The Kier molecular flexibility index (Phi) is 3.10. The average molecular weight is 274 g/mol. The third-order valence-electron chi connectivity index (χ3n) is 4.11. The van der Waals surface area contributed by atoms with E-state index < -0.39 is 0 Å². The lowest BCUT2D eigenvalue weighted by atomic mass is 9.80. The molecule has 0 bridgehead atoms. The molecule has 1 aliphatic carbocycles. The number of fused-ring (bicyclic) bond motifs is 1. The zero-order valence-electron chi connectivity index (χ0n) is 11.4. The van der Waals surface area contributed by atoms with Gasteiger partial charge in [0, 0.05) is 13.7 Å². The highest BCUT2D eigenvalue weighted by Crippen LogP contribution is 2.35. The Hall–Kier alpha value is -2.08. The van der Waals surface area contributed by atoms with Crippen LogP contribution in [0.25, 0.3) is 10.9 Å². The van der Waals surface area contributed by atoms with Crippen molar-refractivity contribution >= 4 is 22.3 Å². The van der Waals surface area contributed by atoms with Crippen LogP contribution in [0.3, 0.4) is 0 Å². The van der Waals surface area contributed by atoms with Crippen LogP contribution >= 0.6 is 0 Å². The lowest BCUT2D eigenvalue weighted by Crippen LogP contribution is -2.45. The third kappa shape index (κ3) is 2.12. The van der Waals surface area contributed by atoms with Gasteiger partial charge in [0.1, 0.15) is 0 Å². The Balaban J connectivity index is 1.88. The van der Waals surface area contributed by atoms with Crippen molar-refractivity contribution in [1.82, 2.24) is 9.97 Å². The molecule has 0 aliphatic heterocycles. The van der Waals surface area contributed by atoms with Crippen molar-refractivity contribution in [2.45, 2.75) is 24.9 Å². The van der Waals surface area contributed by atoms with Gasteiger partial charge in [0.15, 0.2) is 0 Å². The summed E-state index contributed by atoms with van der Waals surface area (Å²) in [5, 5.41) is 3.82. The van der Waals surface area contributed by atoms with Crippen molar-refractivity contribution < 1.29 is 4.74 Å². The second-order valence-corrected chi connectivity index (χ2v) is 5.28. The van der Waals surface area contributed by atoms with E-state index in [1.165, 1.54) is 12.7 Å². The molecule has 6 nitrogen and oxygen atoms in total. The molecule has 2 aromatic rings. The molecular formula is C14H18N4O2. The molecule has 3 rings (SSSR count). The first-order valence-electron chi connectivity index (χ1n) is 6.69. The van der Waals surface area contributed by atoms with E-state index >= 15 is 0 Å². The maximum Gasteiger partial charge on any atom is 0.258 e. The van der Waals surface area contributed by atoms with E-state index in [4.69, 9.17) is 10.5 Å². The lowest BCUT2D eigenvalue weighted by Gasteiger charge is -2.40. The largest absolute Gasteiger partial charge is 0.397 e. The van der Waals surface area contributed by atoms with Gasteiger partial charge in [0.05, 0.1) is 34.2 Å². The van der Waals surface area contributed by atoms with Gasteiger partial charge in [-0.05, 0) is 31.4 Å². The monoisotopic (exact) mass is 274 g/mol. The number of rotatable bonds is 4. The van der Waals surface area contributed by atoms with Crippen LogP contribution in [-0.4, -0.2) is 29.2 Å². The number of hydrogen-bond donors (Lipinski definition) is 3. The molecular weight excluding hydrogens is 256 g/mol. The quantitative estimate of drug-likeness (QED) is 0.734. The van der Waals surface area contributed by atoms with Crippen LogP contribution in [0.1, 0.15) is 19.3 Å². The van der Waals surface area contributed by atoms with Crippen LogP contribution in [0.2, 0.25) is 0 Å². The summed E-state index contributed by atoms with van der Waals surface area (Å²) in [6.07, 6.45) is 4.71. The van der Waals surface area contributed by atoms with E-state index in [1.54, 1.807) is 13.2 Å². The number of hydrogen-bond acceptors (Lipinski definition) is 5. The molecule has 6 heteroatoms. The van der Waals surface area contributed by atoms with E-state index in [9.17, 15) is 4.79 Å². The summed E-state index contributed by atoms with van der Waals surface area (Å²) in [5.74, 6) is 0. The van der Waals surface area contributed by atoms with Crippen LogP contribution in [0.4, 0.5) is 11.4 Å². The Morgan fingerprint density at radius 2 is 2.30 bits per heavy atom. The first-order valence-corrected chi connectivity index (χ1v) is 6.69. The molecule has 0 atom stereocenters. The minimum absolute atomic E-state index is 0.0804. The molecule has 0 spiro atoms. The maximum atomic E-state index is 11.7. The van der Waals surface area contributed by atoms with E-state index in [1.807, 2.05) is 6.07 Å². The van der Waals surface area contributed by atoms with Gasteiger partial charge >= 0.3 is 0 Å². The molecule has 1 aromatic carbocycles. The summed E-state index contributed by atoms with van der Waals surface area (Å²) < 4.78 is 5.57. The van der Waals surface area contributed by atoms with E-state index in [0.29, 0.717) is 23.1 Å². The normalized spacial score (nSPS) is 16.9. The fourth-order valence-electron chi connectivity index (χ4n) is 2.57. The molecule has 0 unspecified atom stereocenters. The highest BCUT2D eigenvalue weighted by Gasteiger charge is 2.36. The molecule has 1 aromatic heterocycles. The lowest BCUT2D eigenvalue weighted by molar-refractivity contribution is -0.0601. The fraction of sp³-hybridized carbons (Fsp3) is 0.429. The zero-order valence-corrected chi connectivity index (χ0v) is 11.4. The van der Waals surface area contributed by atoms with Gasteiger partial charge in [-0.2, -0.15) is 0 Å². The molecule has 1 heterocycles. The summed E-state index contributed by atoms with van der Waals surface area (Å²) in [6.45, 7) is 0.711. The van der Waals surface area contributed by atoms with E-state index in [2.05, 4.69) is 15.3 Å². The Morgan fingerprint density at radius 3 is 2.95 bits per heavy atom. The third-order valence-corrected chi connectivity index (χ3v) is 4.11. The van der Waals surface area contributed by atoms with E-state index in [-0.39, 0.29) is 11.2 Å². The van der Waals surface area contributed by atoms with Crippen LogP contribution in [0.15, 0.2) is 23.3 Å². The second kappa shape index (κ2) is 4.79. The number of nitrogens with zero attached hydrogens (tertiary/aromatic N) is 1. The molecule has 1 fully saturated rings. The molecule has 106 valence electrons. The standard InChI is InChI=1S/C14H18N4O2/c1-20-14(3-2-4-14)7-16-12-6-11-9(5-10(12)15)13(19)18-8-17-11/h5-6,8,16H,2-4,7,15H2,1H3,(H,17,18,19). The summed E-state index contributed by atoms with van der Waals surface area (Å²) in [7, 11) is 1.74. The number of nitrogens with two attached hydrogens (primary N) is 1. The summed E-state index contributed by atoms with van der Waals surface area (Å²) in [5.41, 5.74) is 7.71. The van der Waals surface area contributed by atoms with Crippen LogP contribution in [0, 0.1) is 0 Å². The number of aromatic amines is 1. The average Bonchev–Trinajstić information content (AvgIpc) is 2.40. The number of methoxy groups -OCH3 is 1. The number of ether oxygens (including phenoxy) is 1. The summed E-state index contributed by atoms with van der Waals surface area (Å²) in [4.78, 5) is 18.4. The number of nitrogen functional groups attached to an aromatic ring is 1. The van der Waals surface area contributed by atoms with Gasteiger partial charge in [0.2, 0.25) is 0 Å². The molecule has 20 heavy (non-hydrogen) atoms. The summed E-state index contributed by atoms with van der Waals surface area (Å²) in [6, 6.07) is 3.46. The van der Waals surface area contributed by atoms with Crippen LogP contribution < -0.4 is 16.6 Å². The molecule has 0 saturated heterocycles. The smallest absolute Gasteiger partial charge is 0.258 e. The Bertz CT molecular complexity index is 686. The topological polar surface area (TPSA) is 93.0 Å². The van der Waals surface area contributed by atoms with Crippen LogP contribution in [0.5, 0.6) is 0 Å². The van der Waals surface area contributed by atoms with Gasteiger partial charge in [-0.15, -0.1) is 0 Å². The van der Waals surface area contributed by atoms with Crippen molar-refractivity contribution in [2.75, 3.05) is 24.7 Å². The molecule has 0 amide bonds. The number of H-pyrrole nitrogens is 1. The van der Waals surface area contributed by atoms with Crippen molar-refractivity contribution in [3.63, 3.8) is 0 Å². The summed E-state index contributed by atoms with van der Waals surface area (Å²) >= 11 is 0. The number of anilines is 2. The minimum Gasteiger partial charge on any atom is -0.397 e. The van der Waals surface area contributed by atoms with Crippen molar-refractivity contribution in [1.29, 1.82) is 0 Å². The zero-order chi connectivity index (χ0) is 14.2. The predicted octanol–water partition coefficient (Wildman–Crippen LogP) is 1.49. The first kappa shape index (κ1) is 12.9. The van der Waals surface area contributed by atoms with Gasteiger partial charge in [-0.1, -0.05) is 0 Å². The highest BCUT2D eigenvalue weighted by atomic mass is 16.5. The molecule has 1 aliphatic rings. The van der Waals surface area contributed by atoms with Crippen LogP contribution in [-0.2, 0) is 4.74 Å². The first-order chi connectivity index (χ1) is 9.63. The van der Waals surface area contributed by atoms with Crippen molar-refractivity contribution in [3.05, 3.63) is 28.8 Å². The minimum atomic E-state index is -0.180. The Morgan fingerprint density at radius 1 is 1.50 bits per heavy atom. The predicted molar refractivity (Wildman–Crippen MR) is 78.9 cm³/mol. The van der Waals surface area contributed by atoms with Crippen molar-refractivity contribution in [2.24, 2.45) is 0 Å². The molecule has 1 saturated carbocycles. The highest BCUT2D eigenvalue weighted by molar-refractivity contribution is 5.88. The number of benzene rings is 1. The maximum absolute atomic E-state index is 11.7. The van der Waals surface area contributed by atoms with Gasteiger partial charge in [-0.25, -0.2) is 4.98 Å². The molecule has 0 radical (unpaired) electrons.